The maximum absolute atomic E-state index is 12.5. The molecule has 5 nitrogen and oxygen atoms in total. The molecule has 1 heterocycles. The van der Waals surface area contributed by atoms with E-state index >= 15 is 0 Å². The zero-order chi connectivity index (χ0) is 13.2. The number of nitrogens with zero attached hydrogens (tertiary/aromatic N) is 1. The summed E-state index contributed by atoms with van der Waals surface area (Å²) < 4.78 is 37.6. The van der Waals surface area contributed by atoms with E-state index in [2.05, 4.69) is 4.98 Å². The lowest BCUT2D eigenvalue weighted by molar-refractivity contribution is -0.138. The van der Waals surface area contributed by atoms with E-state index in [4.69, 9.17) is 15.2 Å². The Morgan fingerprint density at radius 1 is 1.41 bits per heavy atom. The monoisotopic (exact) mass is 249 g/mol. The van der Waals surface area contributed by atoms with Crippen molar-refractivity contribution in [3.05, 3.63) is 23.5 Å². The number of rotatable bonds is 3. The predicted molar refractivity (Wildman–Crippen MR) is 50.4 cm³/mol. The van der Waals surface area contributed by atoms with Crippen LogP contribution in [0.2, 0.25) is 0 Å². The molecule has 0 aliphatic heterocycles. The lowest BCUT2D eigenvalue weighted by atomic mass is 9.78. The molecule has 1 aromatic heterocycles. The van der Waals surface area contributed by atoms with Crippen LogP contribution in [-0.4, -0.2) is 33.2 Å². The molecular weight excluding hydrogens is 242 g/mol. The Kier molecular flexibility index (Phi) is 3.74. The summed E-state index contributed by atoms with van der Waals surface area (Å²) in [6, 6.07) is 0.489. The minimum Gasteiger partial charge on any atom is -0.481 e. The third-order valence-corrected chi connectivity index (χ3v) is 1.91. The van der Waals surface area contributed by atoms with Crippen molar-refractivity contribution in [3.63, 3.8) is 0 Å². The van der Waals surface area contributed by atoms with Crippen molar-refractivity contribution in [3.8, 4) is 0 Å². The molecule has 3 N–H and O–H groups in total. The van der Waals surface area contributed by atoms with Gasteiger partial charge in [0, 0.05) is 11.7 Å². The van der Waals surface area contributed by atoms with Crippen molar-refractivity contribution in [2.45, 2.75) is 12.6 Å². The van der Waals surface area contributed by atoms with Crippen molar-refractivity contribution >= 4 is 18.6 Å². The van der Waals surface area contributed by atoms with Gasteiger partial charge in [-0.25, -0.2) is 0 Å². The molecule has 0 aliphatic carbocycles. The molecule has 0 spiro atoms. The maximum Gasteiger partial charge on any atom is 0.490 e. The van der Waals surface area contributed by atoms with Gasteiger partial charge in [0.2, 0.25) is 0 Å². The molecule has 0 saturated carbocycles. The van der Waals surface area contributed by atoms with Gasteiger partial charge >= 0.3 is 19.3 Å². The van der Waals surface area contributed by atoms with E-state index < -0.39 is 36.7 Å². The van der Waals surface area contributed by atoms with Crippen LogP contribution >= 0.6 is 0 Å². The number of carboxylic acids is 1. The molecule has 0 amide bonds. The first-order chi connectivity index (χ1) is 7.71. The number of aromatic nitrogens is 1. The van der Waals surface area contributed by atoms with Crippen LogP contribution in [0.25, 0.3) is 0 Å². The molecule has 1 aromatic rings. The van der Waals surface area contributed by atoms with Crippen LogP contribution < -0.4 is 5.46 Å². The van der Waals surface area contributed by atoms with Gasteiger partial charge in [-0.2, -0.15) is 13.2 Å². The third kappa shape index (κ3) is 3.43. The Labute approximate surface area is 93.7 Å². The van der Waals surface area contributed by atoms with Gasteiger partial charge < -0.3 is 15.2 Å². The Hall–Kier alpha value is -1.61. The number of hydrogen-bond acceptors (Lipinski definition) is 4. The minimum absolute atomic E-state index is 0.311. The highest BCUT2D eigenvalue weighted by Crippen LogP contribution is 2.28. The molecule has 9 heteroatoms. The number of hydrogen-bond donors (Lipinski definition) is 3. The highest BCUT2D eigenvalue weighted by atomic mass is 19.4. The molecule has 0 unspecified atom stereocenters. The molecule has 17 heavy (non-hydrogen) atoms. The van der Waals surface area contributed by atoms with Gasteiger partial charge in [0.1, 0.15) is 0 Å². The van der Waals surface area contributed by atoms with Crippen molar-refractivity contribution in [2.75, 3.05) is 0 Å². The molecular formula is C8H7BF3NO4. The zero-order valence-electron chi connectivity index (χ0n) is 8.27. The Morgan fingerprint density at radius 2 is 2.00 bits per heavy atom. The standard InChI is InChI=1S/C8H7BF3NO4/c10-8(11,12)5-1-4(2-7(14)15)13-3-6(5)9(16)17/h1,3,16-17H,2H2,(H,14,15). The zero-order valence-corrected chi connectivity index (χ0v) is 8.27. The molecule has 1 rings (SSSR count). The second kappa shape index (κ2) is 4.72. The number of halogens is 3. The van der Waals surface area contributed by atoms with Crippen molar-refractivity contribution in [1.29, 1.82) is 0 Å². The number of carboxylic acid groups (broad SMARTS) is 1. The van der Waals surface area contributed by atoms with Gasteiger partial charge in [0.05, 0.1) is 17.7 Å². The molecule has 0 saturated heterocycles. The summed E-state index contributed by atoms with van der Waals surface area (Å²) in [5, 5.41) is 25.9. The summed E-state index contributed by atoms with van der Waals surface area (Å²) in [5.41, 5.74) is -2.43. The average molecular weight is 249 g/mol. The molecule has 0 bridgehead atoms. The van der Waals surface area contributed by atoms with Gasteiger partial charge in [-0.1, -0.05) is 0 Å². The van der Waals surface area contributed by atoms with Gasteiger partial charge in [0.15, 0.2) is 0 Å². The minimum atomic E-state index is -4.81. The molecule has 0 atom stereocenters. The predicted octanol–water partition coefficient (Wildman–Crippen LogP) is -0.593. The Morgan fingerprint density at radius 3 is 2.41 bits per heavy atom. The van der Waals surface area contributed by atoms with Crippen LogP contribution in [0.15, 0.2) is 12.3 Å². The quantitative estimate of drug-likeness (QED) is 0.622. The summed E-state index contributed by atoms with van der Waals surface area (Å²) >= 11 is 0. The van der Waals surface area contributed by atoms with Gasteiger partial charge in [-0.3, -0.25) is 9.78 Å². The van der Waals surface area contributed by atoms with Gasteiger partial charge in [-0.05, 0) is 6.07 Å². The van der Waals surface area contributed by atoms with Crippen molar-refractivity contribution in [2.24, 2.45) is 0 Å². The number of alkyl halides is 3. The normalized spacial score (nSPS) is 11.4. The van der Waals surface area contributed by atoms with E-state index in [9.17, 15) is 18.0 Å². The first-order valence-electron chi connectivity index (χ1n) is 4.35. The fraction of sp³-hybridized carbons (Fsp3) is 0.250. The fourth-order valence-electron chi connectivity index (χ4n) is 1.21. The molecule has 0 aromatic carbocycles. The highest BCUT2D eigenvalue weighted by Gasteiger charge is 2.36. The summed E-state index contributed by atoms with van der Waals surface area (Å²) in [4.78, 5) is 13.7. The van der Waals surface area contributed by atoms with Crippen LogP contribution in [-0.2, 0) is 17.4 Å². The van der Waals surface area contributed by atoms with E-state index in [-0.39, 0.29) is 5.69 Å². The summed E-state index contributed by atoms with van der Waals surface area (Å²) in [7, 11) is -2.32. The van der Waals surface area contributed by atoms with Crippen LogP contribution in [0.5, 0.6) is 0 Å². The molecule has 0 aliphatic rings. The lowest BCUT2D eigenvalue weighted by Gasteiger charge is -2.12. The van der Waals surface area contributed by atoms with Crippen LogP contribution in [0, 0.1) is 0 Å². The fourth-order valence-corrected chi connectivity index (χ4v) is 1.21. The van der Waals surface area contributed by atoms with Crippen molar-refractivity contribution < 1.29 is 33.1 Å². The average Bonchev–Trinajstić information content (AvgIpc) is 2.14. The summed E-state index contributed by atoms with van der Waals surface area (Å²) in [6.07, 6.45) is -4.88. The molecule has 0 fully saturated rings. The molecule has 92 valence electrons. The van der Waals surface area contributed by atoms with E-state index in [1.54, 1.807) is 0 Å². The van der Waals surface area contributed by atoms with E-state index in [0.717, 1.165) is 0 Å². The second-order valence-electron chi connectivity index (χ2n) is 3.20. The number of aliphatic carboxylic acids is 1. The van der Waals surface area contributed by atoms with Crippen LogP contribution in [0.4, 0.5) is 13.2 Å². The van der Waals surface area contributed by atoms with Gasteiger partial charge in [0.25, 0.3) is 0 Å². The lowest BCUT2D eigenvalue weighted by Crippen LogP contribution is -2.36. The van der Waals surface area contributed by atoms with Crippen LogP contribution in [0.1, 0.15) is 11.3 Å². The number of carbonyl (C=O) groups is 1. The second-order valence-corrected chi connectivity index (χ2v) is 3.20. The smallest absolute Gasteiger partial charge is 0.481 e. The first kappa shape index (κ1) is 13.5. The third-order valence-electron chi connectivity index (χ3n) is 1.91. The Balaban J connectivity index is 3.24. The van der Waals surface area contributed by atoms with E-state index in [1.165, 1.54) is 0 Å². The first-order valence-corrected chi connectivity index (χ1v) is 4.35. The summed E-state index contributed by atoms with van der Waals surface area (Å²) in [6.45, 7) is 0. The number of pyridine rings is 1. The SMILES string of the molecule is O=C(O)Cc1cc(C(F)(F)F)c(B(O)O)cn1. The maximum atomic E-state index is 12.5. The van der Waals surface area contributed by atoms with Crippen molar-refractivity contribution in [1.82, 2.24) is 4.98 Å². The largest absolute Gasteiger partial charge is 0.490 e. The van der Waals surface area contributed by atoms with E-state index in [0.29, 0.717) is 12.3 Å². The molecule has 0 radical (unpaired) electrons. The topological polar surface area (TPSA) is 90.7 Å². The van der Waals surface area contributed by atoms with Crippen LogP contribution in [0.3, 0.4) is 0 Å². The van der Waals surface area contributed by atoms with Gasteiger partial charge in [-0.15, -0.1) is 0 Å². The summed E-state index contributed by atoms with van der Waals surface area (Å²) in [5.74, 6) is -1.33. The highest BCUT2D eigenvalue weighted by molar-refractivity contribution is 6.59. The van der Waals surface area contributed by atoms with E-state index in [1.807, 2.05) is 0 Å². The Bertz CT molecular complexity index is 435.